The van der Waals surface area contributed by atoms with Crippen molar-refractivity contribution in [2.24, 2.45) is 0 Å². The molecule has 0 aliphatic rings. The Labute approximate surface area is 120 Å². The Morgan fingerprint density at radius 2 is 2.00 bits per heavy atom. The number of aromatic nitrogens is 1. The number of pyridine rings is 1. The van der Waals surface area contributed by atoms with Gasteiger partial charge in [-0.3, -0.25) is 4.79 Å². The van der Waals surface area contributed by atoms with E-state index in [1.165, 1.54) is 18.3 Å². The molecule has 18 heavy (non-hydrogen) atoms. The van der Waals surface area contributed by atoms with Gasteiger partial charge in [-0.25, -0.2) is 0 Å². The van der Waals surface area contributed by atoms with Gasteiger partial charge in [0.25, 0.3) is 0 Å². The second-order valence-electron chi connectivity index (χ2n) is 3.40. The largest absolute Gasteiger partial charge is 1.00 e. The van der Waals surface area contributed by atoms with Gasteiger partial charge in [-0.15, -0.1) is 0 Å². The second kappa shape index (κ2) is 5.92. The molecule has 86 valence electrons. The summed E-state index contributed by atoms with van der Waals surface area (Å²) in [5.74, 6) is -1.35. The number of carbonyl (C=O) groups excluding carboxylic acids is 1. The van der Waals surface area contributed by atoms with Crippen LogP contribution in [0.4, 0.5) is 0 Å². The molecule has 1 aromatic carbocycles. The number of hydrogen-bond donors (Lipinski definition) is 1. The number of nitrogens with one attached hydrogen (secondary N) is 1. The molecule has 0 bridgehead atoms. The predicted octanol–water partition coefficient (Wildman–Crippen LogP) is -1.94. The van der Waals surface area contributed by atoms with E-state index in [1.807, 2.05) is 0 Å². The van der Waals surface area contributed by atoms with Gasteiger partial charge >= 0.3 is 18.9 Å². The van der Waals surface area contributed by atoms with Crippen molar-refractivity contribution in [1.82, 2.24) is 4.98 Å². The number of aromatic carboxylic acids is 1. The third-order valence-corrected chi connectivity index (χ3v) is 2.71. The van der Waals surface area contributed by atoms with Gasteiger partial charge in [-0.1, -0.05) is 29.8 Å². The summed E-state index contributed by atoms with van der Waals surface area (Å²) in [6.07, 6.45) is 1.47. The van der Waals surface area contributed by atoms with Crippen LogP contribution in [0.5, 0.6) is 0 Å². The zero-order valence-corrected chi connectivity index (χ0v) is 10.3. The number of H-pyrrole nitrogens is 1. The number of hydrogen-bond acceptors (Lipinski definition) is 3. The summed E-state index contributed by atoms with van der Waals surface area (Å²) in [4.78, 5) is 24.4. The van der Waals surface area contributed by atoms with E-state index in [-0.39, 0.29) is 35.0 Å². The first-order valence-corrected chi connectivity index (χ1v) is 5.16. The van der Waals surface area contributed by atoms with Crippen molar-refractivity contribution < 1.29 is 28.8 Å². The fraction of sp³-hybridized carbons (Fsp3) is 0. The van der Waals surface area contributed by atoms with Crippen molar-refractivity contribution in [2.45, 2.75) is 0 Å². The molecule has 2 rings (SSSR count). The van der Waals surface area contributed by atoms with Gasteiger partial charge < -0.3 is 14.9 Å². The van der Waals surface area contributed by atoms with Crippen molar-refractivity contribution in [2.75, 3.05) is 0 Å². The smallest absolute Gasteiger partial charge is 0.545 e. The van der Waals surface area contributed by atoms with E-state index in [4.69, 9.17) is 11.6 Å². The Bertz CT molecular complexity index is 639. The molecule has 1 aromatic heterocycles. The molecule has 0 radical (unpaired) electrons. The van der Waals surface area contributed by atoms with Gasteiger partial charge in [0.05, 0.1) is 11.0 Å². The molecule has 0 fully saturated rings. The van der Waals surface area contributed by atoms with Crippen molar-refractivity contribution in [1.29, 1.82) is 0 Å². The maximum Gasteiger partial charge on any atom is 1.00 e. The number of carboxylic acid groups (broad SMARTS) is 1. The molecule has 0 atom stereocenters. The van der Waals surface area contributed by atoms with Crippen molar-refractivity contribution in [3.8, 4) is 11.1 Å². The average molecular weight is 256 g/mol. The van der Waals surface area contributed by atoms with Crippen LogP contribution >= 0.6 is 11.6 Å². The molecular weight excluding hydrogens is 249 g/mol. The minimum absolute atomic E-state index is 0. The van der Waals surface area contributed by atoms with Gasteiger partial charge in [-0.2, -0.15) is 0 Å². The summed E-state index contributed by atoms with van der Waals surface area (Å²) in [5.41, 5.74) is 0.670. The number of carbonyl (C=O) groups is 1. The summed E-state index contributed by atoms with van der Waals surface area (Å²) in [6, 6.07) is 7.54. The van der Waals surface area contributed by atoms with Crippen LogP contribution in [0.1, 0.15) is 10.4 Å². The van der Waals surface area contributed by atoms with Crippen molar-refractivity contribution in [3.05, 3.63) is 57.5 Å². The molecule has 4 nitrogen and oxygen atoms in total. The number of aromatic amines is 1. The molecule has 2 aromatic rings. The monoisotopic (exact) mass is 255 g/mol. The number of halogens is 1. The molecule has 0 spiro atoms. The van der Waals surface area contributed by atoms with E-state index in [9.17, 15) is 14.7 Å². The maximum atomic E-state index is 11.2. The van der Waals surface area contributed by atoms with E-state index >= 15 is 0 Å². The van der Waals surface area contributed by atoms with E-state index in [0.717, 1.165) is 0 Å². The van der Waals surface area contributed by atoms with E-state index in [0.29, 0.717) is 11.1 Å². The van der Waals surface area contributed by atoms with E-state index in [2.05, 4.69) is 4.98 Å². The molecule has 1 heterocycles. The number of benzene rings is 1. The maximum absolute atomic E-state index is 11.2. The van der Waals surface area contributed by atoms with Crippen LogP contribution in [0.3, 0.4) is 0 Å². The van der Waals surface area contributed by atoms with Gasteiger partial charge in [0.1, 0.15) is 0 Å². The third kappa shape index (κ3) is 2.85. The van der Waals surface area contributed by atoms with Gasteiger partial charge in [-0.05, 0) is 11.6 Å². The first-order chi connectivity index (χ1) is 8.09. The fourth-order valence-electron chi connectivity index (χ4n) is 1.52. The van der Waals surface area contributed by atoms with Crippen LogP contribution in [0.25, 0.3) is 11.1 Å². The van der Waals surface area contributed by atoms with Crippen LogP contribution in [-0.2, 0) is 0 Å². The number of carboxylic acids is 1. The van der Waals surface area contributed by atoms with E-state index in [1.54, 1.807) is 18.2 Å². The first-order valence-electron chi connectivity index (χ1n) is 4.78. The topological polar surface area (TPSA) is 73.0 Å². The van der Waals surface area contributed by atoms with Crippen LogP contribution in [0.2, 0.25) is 5.02 Å². The molecule has 0 saturated carbocycles. The minimum atomic E-state index is -1.35. The summed E-state index contributed by atoms with van der Waals surface area (Å²) in [7, 11) is 0. The Balaban J connectivity index is 0.00000162. The summed E-state index contributed by atoms with van der Waals surface area (Å²) >= 11 is 5.96. The van der Waals surface area contributed by atoms with Gasteiger partial charge in [0.15, 0.2) is 0 Å². The van der Waals surface area contributed by atoms with Crippen LogP contribution in [0.15, 0.2) is 41.3 Å². The van der Waals surface area contributed by atoms with Crippen molar-refractivity contribution in [3.63, 3.8) is 0 Å². The van der Waals surface area contributed by atoms with Gasteiger partial charge in [0, 0.05) is 23.4 Å². The number of rotatable bonds is 2. The average Bonchev–Trinajstić information content (AvgIpc) is 2.29. The molecule has 0 unspecified atom stereocenters. The molecular formula is C12H7ClLiNO3. The molecule has 0 saturated heterocycles. The van der Waals surface area contributed by atoms with Crippen LogP contribution in [0, 0.1) is 0 Å². The summed E-state index contributed by atoms with van der Waals surface area (Å²) in [6.45, 7) is 0. The molecule has 0 aliphatic carbocycles. The fourth-order valence-corrected chi connectivity index (χ4v) is 1.84. The Kier molecular flexibility index (Phi) is 4.80. The Hall–Kier alpha value is -1.47. The molecule has 0 amide bonds. The zero-order valence-electron chi connectivity index (χ0n) is 9.57. The standard InChI is InChI=1S/C12H8ClNO3.Li/c13-11-8(2-1-3-9(11)12(16)17)7-4-5-14-10(15)6-7;/h1-6H,(H,14,15)(H,16,17);/q;+1/p-1. The van der Waals surface area contributed by atoms with Crippen molar-refractivity contribution >= 4 is 17.6 Å². The SMILES string of the molecule is O=C([O-])c1cccc(-c2cc[nH]c(=O)c2)c1Cl.[Li+]. The third-order valence-electron chi connectivity index (χ3n) is 2.30. The van der Waals surface area contributed by atoms with Gasteiger partial charge in [0.2, 0.25) is 5.56 Å². The summed E-state index contributed by atoms with van der Waals surface area (Å²) < 4.78 is 0. The quantitative estimate of drug-likeness (QED) is 0.635. The Morgan fingerprint density at radius 1 is 1.28 bits per heavy atom. The normalized spacial score (nSPS) is 9.61. The van der Waals surface area contributed by atoms with E-state index < -0.39 is 5.97 Å². The van der Waals surface area contributed by atoms with Crippen LogP contribution in [-0.4, -0.2) is 11.0 Å². The second-order valence-corrected chi connectivity index (χ2v) is 3.77. The molecule has 6 heteroatoms. The minimum Gasteiger partial charge on any atom is -0.545 e. The van der Waals surface area contributed by atoms with Crippen LogP contribution < -0.4 is 29.5 Å². The first kappa shape index (κ1) is 14.6. The molecule has 0 aliphatic heterocycles. The summed E-state index contributed by atoms with van der Waals surface area (Å²) in [5, 5.41) is 10.9. The Morgan fingerprint density at radius 3 is 2.61 bits per heavy atom. The molecule has 1 N–H and O–H groups in total. The predicted molar refractivity (Wildman–Crippen MR) is 61.8 cm³/mol. The zero-order chi connectivity index (χ0) is 12.4.